The summed E-state index contributed by atoms with van der Waals surface area (Å²) in [5, 5.41) is 110. The van der Waals surface area contributed by atoms with Crippen molar-refractivity contribution in [2.45, 2.75) is 159 Å². The van der Waals surface area contributed by atoms with Gasteiger partial charge in [-0.2, -0.15) is 0 Å². The molecule has 7 unspecified atom stereocenters. The Morgan fingerprint density at radius 2 is 0.779 bits per heavy atom. The van der Waals surface area contributed by atoms with E-state index in [-0.39, 0.29) is 103 Å². The van der Waals surface area contributed by atoms with Gasteiger partial charge < -0.3 is 122 Å². The summed E-state index contributed by atoms with van der Waals surface area (Å²) in [6.45, 7) is 3.58. The zero-order valence-electron chi connectivity index (χ0n) is 49.7. The molecule has 0 aromatic heterocycles. The Morgan fingerprint density at radius 3 is 1.14 bits per heavy atom. The van der Waals surface area contributed by atoms with E-state index in [4.69, 9.17) is 33.2 Å². The minimum absolute atomic E-state index is 0.0128. The van der Waals surface area contributed by atoms with Crippen LogP contribution in [-0.4, -0.2) is 296 Å². The van der Waals surface area contributed by atoms with Gasteiger partial charge in [-0.1, -0.05) is 20.8 Å². The third-order valence-electron chi connectivity index (χ3n) is 14.3. The van der Waals surface area contributed by atoms with Crippen LogP contribution < -0.4 is 42.5 Å². The molecule has 3 rings (SSSR count). The van der Waals surface area contributed by atoms with E-state index >= 15 is 0 Å². The van der Waals surface area contributed by atoms with Crippen LogP contribution in [0.4, 0.5) is 0 Å². The van der Waals surface area contributed by atoms with Gasteiger partial charge in [-0.3, -0.25) is 43.3 Å². The SMILES string of the molecule is CC(C)OCCNC(=O)CCCC(=O)NCC(C(=O)NCC(=O)NCCCO[C@@H]1OC(CO)[C@H](O)[C@H](O)C1C)N(CC(=O)NCC(=O)NCCCO[C@@H]1OC(CO)[C@H](O)[C@H](O)C1C)CC(=O)NCC(=O)NCCCO[C@@H]1OC(CO)[C@H](O)[C@H](O)C1C. The van der Waals surface area contributed by atoms with Gasteiger partial charge in [0.2, 0.25) is 47.3 Å². The molecule has 496 valence electrons. The third kappa shape index (κ3) is 26.8. The Hall–Kier alpha value is -4.92. The van der Waals surface area contributed by atoms with Crippen molar-refractivity contribution in [2.75, 3.05) is 112 Å². The number of ether oxygens (including phenoxy) is 7. The minimum atomic E-state index is -1.58. The Labute approximate surface area is 499 Å². The molecule has 0 bridgehead atoms. The smallest absolute Gasteiger partial charge is 0.239 e. The molecule has 17 N–H and O–H groups in total. The first kappa shape index (κ1) is 75.3. The Bertz CT molecular complexity index is 1990. The number of nitrogens with one attached hydrogen (secondary N) is 8. The van der Waals surface area contributed by atoms with Crippen LogP contribution in [0.3, 0.4) is 0 Å². The van der Waals surface area contributed by atoms with Crippen LogP contribution in [0.1, 0.15) is 73.1 Å². The number of carbonyl (C=O) groups is 8. The van der Waals surface area contributed by atoms with Crippen molar-refractivity contribution in [3.8, 4) is 0 Å². The molecule has 3 aliphatic heterocycles. The van der Waals surface area contributed by atoms with E-state index in [1.807, 2.05) is 13.8 Å². The summed E-state index contributed by atoms with van der Waals surface area (Å²) in [4.78, 5) is 107. The lowest BCUT2D eigenvalue weighted by Crippen LogP contribution is -2.58. The topological polar surface area (TPSA) is 483 Å². The van der Waals surface area contributed by atoms with Gasteiger partial charge in [-0.25, -0.2) is 0 Å². The van der Waals surface area contributed by atoms with Gasteiger partial charge in [-0.15, -0.1) is 0 Å². The molecule has 3 aliphatic rings. The van der Waals surface area contributed by atoms with Crippen LogP contribution in [-0.2, 0) is 71.5 Å². The normalized spacial score (nSPS) is 27.8. The van der Waals surface area contributed by atoms with Crippen LogP contribution in [0.25, 0.3) is 0 Å². The van der Waals surface area contributed by atoms with Crippen molar-refractivity contribution in [3.63, 3.8) is 0 Å². The summed E-state index contributed by atoms with van der Waals surface area (Å²) in [6, 6.07) is -1.58. The molecule has 3 saturated heterocycles. The third-order valence-corrected chi connectivity index (χ3v) is 14.3. The Kier molecular flexibility index (Phi) is 35.6. The van der Waals surface area contributed by atoms with Crippen molar-refractivity contribution in [3.05, 3.63) is 0 Å². The average molecular weight is 1240 g/mol. The first-order valence-electron chi connectivity index (χ1n) is 29.1. The summed E-state index contributed by atoms with van der Waals surface area (Å²) in [5.41, 5.74) is 0. The summed E-state index contributed by atoms with van der Waals surface area (Å²) in [5.74, 6) is -7.63. The van der Waals surface area contributed by atoms with E-state index in [0.29, 0.717) is 0 Å². The van der Waals surface area contributed by atoms with Gasteiger partial charge in [-0.05, 0) is 39.5 Å². The zero-order valence-corrected chi connectivity index (χ0v) is 49.7. The average Bonchev–Trinajstić information content (AvgIpc) is 2.23. The minimum Gasteiger partial charge on any atom is -0.394 e. The van der Waals surface area contributed by atoms with Crippen molar-refractivity contribution in [2.24, 2.45) is 17.8 Å². The van der Waals surface area contributed by atoms with Crippen molar-refractivity contribution < 1.29 is 117 Å². The molecule has 0 saturated carbocycles. The van der Waals surface area contributed by atoms with Crippen LogP contribution in [0.2, 0.25) is 0 Å². The van der Waals surface area contributed by atoms with E-state index in [1.165, 1.54) is 0 Å². The lowest BCUT2D eigenvalue weighted by atomic mass is 9.92. The summed E-state index contributed by atoms with van der Waals surface area (Å²) in [6.07, 6.45) is -13.2. The molecule has 0 aliphatic carbocycles. The molecular weight excluding hydrogens is 1150 g/mol. The number of aliphatic hydroxyl groups excluding tert-OH is 9. The molecular formula is C53H95N9O24. The number of amides is 8. The molecule has 0 aromatic carbocycles. The maximum Gasteiger partial charge on any atom is 0.239 e. The first-order chi connectivity index (χ1) is 40.9. The molecule has 86 heavy (non-hydrogen) atoms. The van der Waals surface area contributed by atoms with Crippen LogP contribution in [0.5, 0.6) is 0 Å². The van der Waals surface area contributed by atoms with Gasteiger partial charge in [0, 0.05) is 63.3 Å². The standard InChI is InChI=1S/C53H95N9O24/c1-29(2)80-19-15-57-37(66)10-6-11-38(67)58-20-33(50(79)61-23-41(70)56-14-9-18-83-53-32(5)46(75)49(78)36(28-65)86-53)62(24-42(71)59-21-39(68)54-12-7-16-81-51-30(3)44(73)47(76)34(26-63)84-51)25-43(72)60-22-40(69)55-13-8-17-82-52-31(4)45(74)48(77)35(27-64)85-52/h29-36,44-49,51-53,63-65,73-78H,6-28H2,1-5H3,(H,54,68)(H,55,69)(H,56,70)(H,57,66)(H,58,67)(H,59,71)(H,60,72)(H,61,79)/t30?,31?,32?,33?,34?,35?,36?,44-,45-,46-,47+,48+,49+,51-,52-,53-/m1/s1. The predicted octanol–water partition coefficient (Wildman–Crippen LogP) is -8.37. The fourth-order valence-corrected chi connectivity index (χ4v) is 8.99. The van der Waals surface area contributed by atoms with E-state index in [1.54, 1.807) is 20.8 Å². The van der Waals surface area contributed by atoms with Gasteiger partial charge in [0.25, 0.3) is 0 Å². The second kappa shape index (κ2) is 40.6. The lowest BCUT2D eigenvalue weighted by Gasteiger charge is -2.40. The van der Waals surface area contributed by atoms with Gasteiger partial charge in [0.05, 0.1) is 103 Å². The summed E-state index contributed by atoms with van der Waals surface area (Å²) >= 11 is 0. The highest BCUT2D eigenvalue weighted by Crippen LogP contribution is 2.29. The number of carbonyl (C=O) groups excluding carboxylic acids is 8. The molecule has 3 fully saturated rings. The Morgan fingerprint density at radius 1 is 0.430 bits per heavy atom. The largest absolute Gasteiger partial charge is 0.394 e. The zero-order chi connectivity index (χ0) is 63.9. The van der Waals surface area contributed by atoms with Gasteiger partial charge in [0.1, 0.15) is 42.7 Å². The monoisotopic (exact) mass is 1240 g/mol. The van der Waals surface area contributed by atoms with Gasteiger partial charge in [0.15, 0.2) is 18.9 Å². The maximum atomic E-state index is 14.1. The molecule has 33 heteroatoms. The molecule has 8 amide bonds. The highest BCUT2D eigenvalue weighted by atomic mass is 16.7. The fraction of sp³-hybridized carbons (Fsp3) is 0.849. The number of hydrogen-bond donors (Lipinski definition) is 17. The highest BCUT2D eigenvalue weighted by Gasteiger charge is 2.45. The second-order valence-electron chi connectivity index (χ2n) is 21.5. The lowest BCUT2D eigenvalue weighted by molar-refractivity contribution is -0.282. The maximum absolute atomic E-state index is 14.1. The van der Waals surface area contributed by atoms with Crippen molar-refractivity contribution in [1.82, 2.24) is 47.4 Å². The molecule has 16 atom stereocenters. The van der Waals surface area contributed by atoms with Crippen molar-refractivity contribution >= 4 is 47.3 Å². The summed E-state index contributed by atoms with van der Waals surface area (Å²) < 4.78 is 39.1. The molecule has 0 aromatic rings. The first-order valence-corrected chi connectivity index (χ1v) is 29.1. The van der Waals surface area contributed by atoms with Crippen LogP contribution in [0.15, 0.2) is 0 Å². The molecule has 0 radical (unpaired) electrons. The molecule has 3 heterocycles. The second-order valence-corrected chi connectivity index (χ2v) is 21.5. The van der Waals surface area contributed by atoms with E-state index in [2.05, 4.69) is 42.5 Å². The summed E-state index contributed by atoms with van der Waals surface area (Å²) in [7, 11) is 0. The molecule has 33 nitrogen and oxygen atoms in total. The Balaban J connectivity index is 1.68. The fourth-order valence-electron chi connectivity index (χ4n) is 8.99. The number of hydrogen-bond acceptors (Lipinski definition) is 25. The van der Waals surface area contributed by atoms with Crippen molar-refractivity contribution in [1.29, 1.82) is 0 Å². The number of nitrogens with zero attached hydrogens (tertiary/aromatic N) is 1. The highest BCUT2D eigenvalue weighted by molar-refractivity contribution is 5.91. The molecule has 0 spiro atoms. The van der Waals surface area contributed by atoms with Crippen LogP contribution >= 0.6 is 0 Å². The van der Waals surface area contributed by atoms with Crippen LogP contribution in [0, 0.1) is 17.8 Å². The van der Waals surface area contributed by atoms with E-state index < -0.39 is 198 Å². The van der Waals surface area contributed by atoms with E-state index in [0.717, 1.165) is 4.90 Å². The van der Waals surface area contributed by atoms with E-state index in [9.17, 15) is 84.3 Å². The quantitative estimate of drug-likeness (QED) is 0.0253. The number of rotatable bonds is 40. The van der Waals surface area contributed by atoms with Gasteiger partial charge >= 0.3 is 0 Å². The number of aliphatic hydroxyl groups is 9. The predicted molar refractivity (Wildman–Crippen MR) is 297 cm³/mol.